The molecule has 24 heavy (non-hydrogen) atoms. The maximum Gasteiger partial charge on any atom is 0.315 e. The van der Waals surface area contributed by atoms with E-state index in [1.54, 1.807) is 6.20 Å². The van der Waals surface area contributed by atoms with Crippen LogP contribution in [0.25, 0.3) is 0 Å². The van der Waals surface area contributed by atoms with Gasteiger partial charge in [0.05, 0.1) is 10.8 Å². The molecule has 0 radical (unpaired) electrons. The zero-order valence-electron chi connectivity index (χ0n) is 13.9. The molecule has 0 saturated heterocycles. The molecule has 1 aromatic heterocycles. The quantitative estimate of drug-likeness (QED) is 0.801. The first-order valence-corrected chi connectivity index (χ1v) is 8.95. The van der Waals surface area contributed by atoms with Gasteiger partial charge >= 0.3 is 6.03 Å². The van der Waals surface area contributed by atoms with Gasteiger partial charge in [-0.1, -0.05) is 18.2 Å². The fraction of sp³-hybridized carbons (Fsp3) is 0.294. The fourth-order valence-electron chi connectivity index (χ4n) is 2.01. The molecule has 1 heterocycles. The van der Waals surface area contributed by atoms with E-state index >= 15 is 0 Å². The minimum atomic E-state index is -1.10. The Kier molecular flexibility index (Phi) is 6.74. The van der Waals surface area contributed by atoms with Gasteiger partial charge in [0.2, 0.25) is 0 Å². The van der Waals surface area contributed by atoms with Gasteiger partial charge in [-0.15, -0.1) is 0 Å². The summed E-state index contributed by atoms with van der Waals surface area (Å²) >= 11 is 0. The van der Waals surface area contributed by atoms with Crippen LogP contribution in [0.4, 0.5) is 10.6 Å². The van der Waals surface area contributed by atoms with Crippen LogP contribution in [0.15, 0.2) is 53.6 Å². The van der Waals surface area contributed by atoms with Crippen LogP contribution < -0.4 is 15.5 Å². The monoisotopic (exact) mass is 346 g/mol. The molecule has 0 spiro atoms. The maximum atomic E-state index is 12.0. The van der Waals surface area contributed by atoms with Crippen molar-refractivity contribution in [2.24, 2.45) is 0 Å². The van der Waals surface area contributed by atoms with E-state index < -0.39 is 10.8 Å². The summed E-state index contributed by atoms with van der Waals surface area (Å²) in [6, 6.07) is 12.7. The molecule has 2 N–H and O–H groups in total. The van der Waals surface area contributed by atoms with Crippen molar-refractivity contribution in [2.45, 2.75) is 11.4 Å². The number of benzene rings is 1. The summed E-state index contributed by atoms with van der Waals surface area (Å²) in [5, 5.41) is 5.51. The molecule has 2 rings (SSSR count). The third-order valence-electron chi connectivity index (χ3n) is 3.30. The van der Waals surface area contributed by atoms with E-state index in [2.05, 4.69) is 15.6 Å². The van der Waals surface area contributed by atoms with Crippen molar-refractivity contribution in [1.82, 2.24) is 15.6 Å². The van der Waals surface area contributed by atoms with Gasteiger partial charge in [-0.2, -0.15) is 0 Å². The first kappa shape index (κ1) is 17.9. The van der Waals surface area contributed by atoms with Crippen molar-refractivity contribution < 1.29 is 9.00 Å². The van der Waals surface area contributed by atoms with E-state index in [1.807, 2.05) is 61.5 Å². The Bertz CT molecular complexity index is 692. The molecule has 0 fully saturated rings. The molecule has 7 heteroatoms. The first-order valence-electron chi connectivity index (χ1n) is 7.63. The van der Waals surface area contributed by atoms with E-state index in [0.29, 0.717) is 18.8 Å². The zero-order valence-corrected chi connectivity index (χ0v) is 14.7. The van der Waals surface area contributed by atoms with E-state index in [4.69, 9.17) is 0 Å². The van der Waals surface area contributed by atoms with Gasteiger partial charge in [0, 0.05) is 44.0 Å². The van der Waals surface area contributed by atoms with E-state index in [0.717, 1.165) is 16.3 Å². The molecular formula is C17H22N4O2S. The maximum absolute atomic E-state index is 12.0. The largest absolute Gasteiger partial charge is 0.363 e. The molecule has 0 saturated carbocycles. The number of urea groups is 1. The number of nitrogens with one attached hydrogen (secondary N) is 2. The second kappa shape index (κ2) is 9.02. The average molecular weight is 346 g/mol. The standard InChI is InChI=1S/C17H22N4O2S/c1-21(2)16-12-14(8-9-18-16)13-20-17(22)19-10-11-24(23)15-6-4-3-5-7-15/h3-9,12H,10-11,13H2,1-2H3,(H2,19,20,22)/t24-/m0/s1. The molecule has 2 amide bonds. The van der Waals surface area contributed by atoms with Gasteiger partial charge in [-0.05, 0) is 29.8 Å². The highest BCUT2D eigenvalue weighted by atomic mass is 32.2. The van der Waals surface area contributed by atoms with Gasteiger partial charge in [-0.3, -0.25) is 4.21 Å². The summed E-state index contributed by atoms with van der Waals surface area (Å²) in [4.78, 5) is 18.7. The van der Waals surface area contributed by atoms with E-state index in [9.17, 15) is 9.00 Å². The number of nitrogens with zero attached hydrogens (tertiary/aromatic N) is 2. The van der Waals surface area contributed by atoms with E-state index in [-0.39, 0.29) is 6.03 Å². The Labute approximate surface area is 144 Å². The Morgan fingerprint density at radius 3 is 2.62 bits per heavy atom. The van der Waals surface area contributed by atoms with Crippen molar-refractivity contribution >= 4 is 22.6 Å². The molecule has 1 atom stereocenters. The van der Waals surface area contributed by atoms with Gasteiger partial charge < -0.3 is 15.5 Å². The Morgan fingerprint density at radius 1 is 1.17 bits per heavy atom. The molecule has 2 aromatic rings. The fourth-order valence-corrected chi connectivity index (χ4v) is 2.99. The molecule has 6 nitrogen and oxygen atoms in total. The first-order chi connectivity index (χ1) is 11.6. The third kappa shape index (κ3) is 5.66. The van der Waals surface area contributed by atoms with Crippen LogP contribution in [-0.4, -0.2) is 41.6 Å². The summed E-state index contributed by atoms with van der Waals surface area (Å²) in [7, 11) is 2.73. The Balaban J connectivity index is 1.72. The number of rotatable bonds is 7. The highest BCUT2D eigenvalue weighted by molar-refractivity contribution is 7.85. The van der Waals surface area contributed by atoms with Crippen molar-refractivity contribution in [3.63, 3.8) is 0 Å². The lowest BCUT2D eigenvalue weighted by atomic mass is 10.2. The molecule has 0 aliphatic heterocycles. The van der Waals surface area contributed by atoms with Gasteiger partial charge in [0.15, 0.2) is 0 Å². The highest BCUT2D eigenvalue weighted by Gasteiger charge is 2.05. The number of aromatic nitrogens is 1. The number of carbonyl (C=O) groups excluding carboxylic acids is 1. The molecular weight excluding hydrogens is 324 g/mol. The molecule has 128 valence electrons. The zero-order chi connectivity index (χ0) is 17.4. The van der Waals surface area contributed by atoms with Crippen molar-refractivity contribution in [2.75, 3.05) is 31.3 Å². The summed E-state index contributed by atoms with van der Waals surface area (Å²) in [5.74, 6) is 1.23. The van der Waals surface area contributed by atoms with Crippen LogP contribution in [0.5, 0.6) is 0 Å². The summed E-state index contributed by atoms with van der Waals surface area (Å²) in [5.41, 5.74) is 0.969. The SMILES string of the molecule is CN(C)c1cc(CNC(=O)NCC[S@](=O)c2ccccc2)ccn1. The molecule has 0 unspecified atom stereocenters. The second-order valence-corrected chi connectivity index (χ2v) is 6.96. The van der Waals surface area contributed by atoms with Crippen molar-refractivity contribution in [3.05, 3.63) is 54.2 Å². The number of hydrogen-bond donors (Lipinski definition) is 2. The minimum absolute atomic E-state index is 0.275. The molecule has 1 aromatic carbocycles. The van der Waals surface area contributed by atoms with Crippen LogP contribution in [0, 0.1) is 0 Å². The number of hydrogen-bond acceptors (Lipinski definition) is 4. The lowest BCUT2D eigenvalue weighted by Crippen LogP contribution is -2.37. The topological polar surface area (TPSA) is 74.3 Å². The summed E-state index contributed by atoms with van der Waals surface area (Å²) < 4.78 is 12.0. The van der Waals surface area contributed by atoms with Crippen LogP contribution in [0.1, 0.15) is 5.56 Å². The smallest absolute Gasteiger partial charge is 0.315 e. The Morgan fingerprint density at radius 2 is 1.92 bits per heavy atom. The third-order valence-corrected chi connectivity index (χ3v) is 4.67. The van der Waals surface area contributed by atoms with Gasteiger partial charge in [-0.25, -0.2) is 9.78 Å². The minimum Gasteiger partial charge on any atom is -0.363 e. The highest BCUT2D eigenvalue weighted by Crippen LogP contribution is 2.09. The number of carbonyl (C=O) groups is 1. The predicted octanol–water partition coefficient (Wildman–Crippen LogP) is 1.75. The number of pyridine rings is 1. The lowest BCUT2D eigenvalue weighted by molar-refractivity contribution is 0.241. The Hall–Kier alpha value is -2.41. The van der Waals surface area contributed by atoms with E-state index in [1.165, 1.54) is 0 Å². The van der Waals surface area contributed by atoms with Crippen LogP contribution in [0.2, 0.25) is 0 Å². The number of anilines is 1. The average Bonchev–Trinajstić information content (AvgIpc) is 2.61. The summed E-state index contributed by atoms with van der Waals surface area (Å²) in [6.07, 6.45) is 1.72. The normalized spacial score (nSPS) is 11.6. The molecule has 0 bridgehead atoms. The second-order valence-electron chi connectivity index (χ2n) is 5.39. The van der Waals surface area contributed by atoms with Crippen LogP contribution in [-0.2, 0) is 17.3 Å². The van der Waals surface area contributed by atoms with Crippen molar-refractivity contribution in [1.29, 1.82) is 0 Å². The number of amides is 2. The summed E-state index contributed by atoms with van der Waals surface area (Å²) in [6.45, 7) is 0.767. The van der Waals surface area contributed by atoms with Gasteiger partial charge in [0.1, 0.15) is 5.82 Å². The lowest BCUT2D eigenvalue weighted by Gasteiger charge is -2.12. The predicted molar refractivity (Wildman–Crippen MR) is 96.5 cm³/mol. The van der Waals surface area contributed by atoms with Crippen LogP contribution in [0.3, 0.4) is 0 Å². The van der Waals surface area contributed by atoms with Crippen molar-refractivity contribution in [3.8, 4) is 0 Å². The molecule has 0 aliphatic rings. The molecule has 0 aliphatic carbocycles. The van der Waals surface area contributed by atoms with Gasteiger partial charge in [0.25, 0.3) is 0 Å². The van der Waals surface area contributed by atoms with Crippen LogP contribution >= 0.6 is 0 Å².